The lowest BCUT2D eigenvalue weighted by molar-refractivity contribution is -0.187. The number of amides is 5. The topological polar surface area (TPSA) is 125 Å². The van der Waals surface area contributed by atoms with Crippen LogP contribution in [-0.4, -0.2) is 86.9 Å². The molecule has 11 nitrogen and oxygen atoms in total. The number of rotatable bonds is 8. The van der Waals surface area contributed by atoms with Crippen molar-refractivity contribution in [3.63, 3.8) is 0 Å². The van der Waals surface area contributed by atoms with Gasteiger partial charge < -0.3 is 15.1 Å². The number of Topliss-reactive ketones (excluding diaryl/α,β-unsaturated/α-hetero) is 1. The van der Waals surface area contributed by atoms with Crippen LogP contribution in [0.25, 0.3) is 11.1 Å². The first-order valence-corrected chi connectivity index (χ1v) is 13.8. The summed E-state index contributed by atoms with van der Waals surface area (Å²) >= 11 is 0. The van der Waals surface area contributed by atoms with Gasteiger partial charge in [-0.2, -0.15) is 18.3 Å². The van der Waals surface area contributed by atoms with Gasteiger partial charge in [-0.1, -0.05) is 24.3 Å². The molecule has 1 aliphatic carbocycles. The van der Waals surface area contributed by atoms with Crippen LogP contribution in [-0.2, 0) is 33.0 Å². The molecule has 0 radical (unpaired) electrons. The molecule has 1 spiro atoms. The zero-order valence-corrected chi connectivity index (χ0v) is 24.4. The van der Waals surface area contributed by atoms with E-state index >= 15 is 0 Å². The molecule has 5 amide bonds. The average Bonchev–Trinajstić information content (AvgIpc) is 3.62. The first kappa shape index (κ1) is 31.3. The molecule has 2 atom stereocenters. The van der Waals surface area contributed by atoms with E-state index in [1.165, 1.54) is 40.0 Å². The van der Waals surface area contributed by atoms with Gasteiger partial charge in [0.05, 0.1) is 6.20 Å². The van der Waals surface area contributed by atoms with E-state index in [-0.39, 0.29) is 29.1 Å². The van der Waals surface area contributed by atoms with E-state index < -0.39 is 66.7 Å². The van der Waals surface area contributed by atoms with Gasteiger partial charge in [-0.15, -0.1) is 0 Å². The Morgan fingerprint density at radius 3 is 2.36 bits per heavy atom. The molecule has 1 N–H and O–H groups in total. The molecule has 1 aromatic heterocycles. The number of hydrogen-bond acceptors (Lipinski definition) is 6. The van der Waals surface area contributed by atoms with Crippen molar-refractivity contribution >= 4 is 29.5 Å². The molecular weight excluding hydrogens is 600 g/mol. The van der Waals surface area contributed by atoms with Crippen molar-refractivity contribution in [1.29, 1.82) is 0 Å². The number of hydrogen-bond donors (Lipinski definition) is 1. The quantitative estimate of drug-likeness (QED) is 0.302. The summed E-state index contributed by atoms with van der Waals surface area (Å²) in [6.07, 6.45) is -2.15. The van der Waals surface area contributed by atoms with Crippen LogP contribution in [0.15, 0.2) is 54.9 Å². The minimum atomic E-state index is -4.83. The van der Waals surface area contributed by atoms with Crippen LogP contribution in [0.5, 0.6) is 0 Å². The number of benzene rings is 2. The summed E-state index contributed by atoms with van der Waals surface area (Å²) in [5.41, 5.74) is -0.143. The Kier molecular flexibility index (Phi) is 7.97. The number of imide groups is 1. The summed E-state index contributed by atoms with van der Waals surface area (Å²) in [5.74, 6) is -3.38. The number of nitrogens with one attached hydrogen (secondary N) is 1. The Hall–Kier alpha value is -5.08. The number of nitrogens with zero attached hydrogens (tertiary/aromatic N) is 5. The Morgan fingerprint density at radius 2 is 1.71 bits per heavy atom. The molecule has 1 fully saturated rings. The molecule has 1 aliphatic heterocycles. The number of fused-ring (bicyclic) bond motifs is 2. The van der Waals surface area contributed by atoms with Crippen LogP contribution in [0, 0.1) is 5.82 Å². The monoisotopic (exact) mass is 628 g/mol. The highest BCUT2D eigenvalue weighted by molar-refractivity contribution is 6.17. The Labute approximate surface area is 254 Å². The summed E-state index contributed by atoms with van der Waals surface area (Å²) in [4.78, 5) is 67.5. The van der Waals surface area contributed by atoms with Gasteiger partial charge in [0.2, 0.25) is 11.8 Å². The summed E-state index contributed by atoms with van der Waals surface area (Å²) in [6.45, 7) is -0.806. The molecule has 5 rings (SSSR count). The average molecular weight is 629 g/mol. The van der Waals surface area contributed by atoms with Crippen molar-refractivity contribution in [3.05, 3.63) is 77.4 Å². The Balaban J connectivity index is 1.38. The van der Waals surface area contributed by atoms with Crippen LogP contribution in [0.4, 0.5) is 22.4 Å². The van der Waals surface area contributed by atoms with Gasteiger partial charge in [0, 0.05) is 44.4 Å². The second kappa shape index (κ2) is 11.4. The number of likely N-dealkylation sites (N-methyl/N-ethyl adjacent to an activating group) is 1. The van der Waals surface area contributed by atoms with E-state index in [2.05, 4.69) is 10.4 Å². The minimum absolute atomic E-state index is 0.00184. The van der Waals surface area contributed by atoms with Crippen LogP contribution in [0.1, 0.15) is 34.8 Å². The van der Waals surface area contributed by atoms with E-state index in [1.54, 1.807) is 26.4 Å². The number of halogens is 4. The molecule has 15 heteroatoms. The van der Waals surface area contributed by atoms with Crippen molar-refractivity contribution in [2.75, 3.05) is 20.6 Å². The third-order valence-electron chi connectivity index (χ3n) is 7.96. The maximum atomic E-state index is 13.7. The van der Waals surface area contributed by atoms with Gasteiger partial charge in [0.15, 0.2) is 11.3 Å². The molecule has 0 bridgehead atoms. The molecule has 2 aromatic carbocycles. The van der Waals surface area contributed by atoms with E-state index in [1.807, 2.05) is 0 Å². The summed E-state index contributed by atoms with van der Waals surface area (Å²) < 4.78 is 55.9. The maximum Gasteiger partial charge on any atom is 0.408 e. The number of urea groups is 1. The van der Waals surface area contributed by atoms with Gasteiger partial charge in [-0.05, 0) is 41.8 Å². The van der Waals surface area contributed by atoms with Crippen molar-refractivity contribution in [2.45, 2.75) is 44.2 Å². The first-order chi connectivity index (χ1) is 21.1. The molecule has 3 aromatic rings. The fourth-order valence-corrected chi connectivity index (χ4v) is 5.34. The van der Waals surface area contributed by atoms with Crippen molar-refractivity contribution in [3.8, 4) is 11.1 Å². The lowest BCUT2D eigenvalue weighted by Crippen LogP contribution is -2.51. The third kappa shape index (κ3) is 5.89. The fourth-order valence-electron chi connectivity index (χ4n) is 5.34. The largest absolute Gasteiger partial charge is 0.408 e. The van der Waals surface area contributed by atoms with Gasteiger partial charge in [0.25, 0.3) is 5.91 Å². The second-order valence-corrected chi connectivity index (χ2v) is 11.2. The van der Waals surface area contributed by atoms with E-state index in [0.29, 0.717) is 20.9 Å². The predicted octanol–water partition coefficient (Wildman–Crippen LogP) is 3.09. The highest BCUT2D eigenvalue weighted by Crippen LogP contribution is 2.43. The fraction of sp³-hybridized carbons (Fsp3) is 0.333. The zero-order valence-electron chi connectivity index (χ0n) is 24.4. The summed E-state index contributed by atoms with van der Waals surface area (Å²) in [6, 6.07) is 5.84. The van der Waals surface area contributed by atoms with Gasteiger partial charge in [-0.25, -0.2) is 9.18 Å². The highest BCUT2D eigenvalue weighted by atomic mass is 19.4. The van der Waals surface area contributed by atoms with E-state index in [4.69, 9.17) is 0 Å². The number of ketones is 1. The van der Waals surface area contributed by atoms with Gasteiger partial charge >= 0.3 is 12.2 Å². The minimum Gasteiger partial charge on any atom is -0.347 e. The number of aromatic nitrogens is 2. The molecule has 1 saturated heterocycles. The third-order valence-corrected chi connectivity index (χ3v) is 7.96. The molecule has 2 heterocycles. The molecule has 236 valence electrons. The van der Waals surface area contributed by atoms with E-state index in [0.717, 1.165) is 19.1 Å². The van der Waals surface area contributed by atoms with Gasteiger partial charge in [-0.3, -0.25) is 28.8 Å². The lowest BCUT2D eigenvalue weighted by Gasteiger charge is -2.32. The van der Waals surface area contributed by atoms with Crippen LogP contribution in [0.2, 0.25) is 0 Å². The smallest absolute Gasteiger partial charge is 0.347 e. The predicted molar refractivity (Wildman–Crippen MR) is 150 cm³/mol. The molecule has 2 aliphatic rings. The Bertz CT molecular complexity index is 1700. The SMILES string of the molecule is CC(N(Cc1ccc(F)cc1)C(=O)CN1C(=O)N[C@]2(CC(=O)c3cc(-c4cnn(CC(=O)N(C)C)c4)ccc32)C1=O)C(F)(F)F. The van der Waals surface area contributed by atoms with Crippen molar-refractivity contribution < 1.29 is 41.5 Å². The second-order valence-electron chi connectivity index (χ2n) is 11.2. The van der Waals surface area contributed by atoms with Crippen molar-refractivity contribution in [1.82, 2.24) is 29.8 Å². The normalized spacial score (nSPS) is 18.3. The standard InChI is InChI=1S/C30H28F4N6O5/c1-17(30(32,33)34)39(13-18-4-7-21(31)8-5-18)26(43)16-40-27(44)29(36-28(40)45)11-24(41)22-10-19(6-9-23(22)29)20-12-35-38(14-20)15-25(42)37(2)3/h4-10,12,14,17H,11,13,15-16H2,1-3H3,(H,36,45)/t17?,29-/m0/s1. The van der Waals surface area contributed by atoms with Gasteiger partial charge in [0.1, 0.15) is 24.9 Å². The Morgan fingerprint density at radius 1 is 1.02 bits per heavy atom. The zero-order chi connectivity index (χ0) is 32.8. The summed E-state index contributed by atoms with van der Waals surface area (Å²) in [5, 5.41) is 6.67. The first-order valence-electron chi connectivity index (χ1n) is 13.8. The number of alkyl halides is 3. The molecular formula is C30H28F4N6O5. The molecule has 45 heavy (non-hydrogen) atoms. The summed E-state index contributed by atoms with van der Waals surface area (Å²) in [7, 11) is 3.23. The molecule has 1 unspecified atom stereocenters. The molecule has 0 saturated carbocycles. The van der Waals surface area contributed by atoms with Crippen LogP contribution >= 0.6 is 0 Å². The highest BCUT2D eigenvalue weighted by Gasteiger charge is 2.58. The van der Waals surface area contributed by atoms with E-state index in [9.17, 15) is 41.5 Å². The number of carbonyl (C=O) groups excluding carboxylic acids is 5. The lowest BCUT2D eigenvalue weighted by atomic mass is 9.90. The maximum absolute atomic E-state index is 13.7. The van der Waals surface area contributed by atoms with Crippen molar-refractivity contribution in [2.24, 2.45) is 0 Å². The number of carbonyl (C=O) groups is 5. The van der Waals surface area contributed by atoms with Crippen LogP contribution in [0.3, 0.4) is 0 Å². The van der Waals surface area contributed by atoms with Crippen LogP contribution < -0.4 is 5.32 Å².